The van der Waals surface area contributed by atoms with Crippen molar-refractivity contribution in [2.75, 3.05) is 56.9 Å². The second kappa shape index (κ2) is 10.3. The minimum atomic E-state index is -3.71. The lowest BCUT2D eigenvalue weighted by molar-refractivity contribution is 0.154. The third-order valence-corrected chi connectivity index (χ3v) is 7.50. The summed E-state index contributed by atoms with van der Waals surface area (Å²) in [6, 6.07) is 13.6. The molecule has 0 aliphatic carbocycles. The molecule has 0 unspecified atom stereocenters. The molecule has 0 spiro atoms. The van der Waals surface area contributed by atoms with Crippen molar-refractivity contribution in [3.05, 3.63) is 54.2 Å². The van der Waals surface area contributed by atoms with Crippen LogP contribution >= 0.6 is 0 Å². The van der Waals surface area contributed by atoms with Crippen molar-refractivity contribution in [3.8, 4) is 0 Å². The first kappa shape index (κ1) is 23.2. The van der Waals surface area contributed by atoms with Gasteiger partial charge in [-0.1, -0.05) is 18.2 Å². The second-order valence-corrected chi connectivity index (χ2v) is 10.3. The molecule has 1 aliphatic rings. The second-order valence-electron chi connectivity index (χ2n) is 8.35. The number of aryl methyl sites for hydroxylation is 1. The Kier molecular flexibility index (Phi) is 7.26. The van der Waals surface area contributed by atoms with Gasteiger partial charge in [0.05, 0.1) is 4.90 Å². The van der Waals surface area contributed by atoms with E-state index in [-0.39, 0.29) is 9.79 Å². The molecule has 9 nitrogen and oxygen atoms in total. The molecule has 3 N–H and O–H groups in total. The Balaban J connectivity index is 1.51. The quantitative estimate of drug-likeness (QED) is 0.411. The Morgan fingerprint density at radius 2 is 1.79 bits per heavy atom. The van der Waals surface area contributed by atoms with E-state index in [4.69, 9.17) is 0 Å². The van der Waals surface area contributed by atoms with Gasteiger partial charge in [-0.15, -0.1) is 0 Å². The highest BCUT2D eigenvalue weighted by atomic mass is 32.2. The van der Waals surface area contributed by atoms with Crippen molar-refractivity contribution in [1.82, 2.24) is 25.0 Å². The van der Waals surface area contributed by atoms with Gasteiger partial charge in [0.25, 0.3) is 0 Å². The van der Waals surface area contributed by atoms with E-state index in [9.17, 15) is 8.42 Å². The first-order chi connectivity index (χ1) is 15.9. The number of hydrogen-bond acceptors (Lipinski definition) is 8. The molecule has 176 valence electrons. The lowest BCUT2D eigenvalue weighted by Crippen LogP contribution is -2.44. The van der Waals surface area contributed by atoms with Crippen LogP contribution in [0, 0.1) is 6.92 Å². The van der Waals surface area contributed by atoms with Crippen LogP contribution in [0.5, 0.6) is 0 Å². The number of likely N-dealkylation sites (N-methyl/N-ethyl adjacent to an activating group) is 1. The molecule has 1 aliphatic heterocycles. The number of nitrogens with one attached hydrogen (secondary N) is 3. The minimum Gasteiger partial charge on any atom is -0.369 e. The fraction of sp³-hybridized carbons (Fsp3) is 0.391. The van der Waals surface area contributed by atoms with Gasteiger partial charge >= 0.3 is 0 Å². The molecule has 0 bridgehead atoms. The summed E-state index contributed by atoms with van der Waals surface area (Å²) in [4.78, 5) is 9.77. The Morgan fingerprint density at radius 1 is 1.03 bits per heavy atom. The maximum Gasteiger partial charge on any atom is 0.210 e. The zero-order valence-electron chi connectivity index (χ0n) is 19.1. The molecule has 2 aromatic heterocycles. The molecule has 0 radical (unpaired) electrons. The van der Waals surface area contributed by atoms with E-state index in [1.54, 1.807) is 42.5 Å². The van der Waals surface area contributed by atoms with E-state index >= 15 is 0 Å². The third kappa shape index (κ3) is 5.89. The average Bonchev–Trinajstić information content (AvgIpc) is 3.23. The van der Waals surface area contributed by atoms with E-state index < -0.39 is 9.84 Å². The van der Waals surface area contributed by atoms with E-state index in [2.05, 4.69) is 42.7 Å². The first-order valence-electron chi connectivity index (χ1n) is 11.2. The van der Waals surface area contributed by atoms with E-state index in [1.165, 1.54) is 0 Å². The van der Waals surface area contributed by atoms with Crippen molar-refractivity contribution in [1.29, 1.82) is 0 Å². The van der Waals surface area contributed by atoms with Crippen LogP contribution in [0.25, 0.3) is 0 Å². The van der Waals surface area contributed by atoms with Gasteiger partial charge in [-0.3, -0.25) is 5.10 Å². The average molecular weight is 470 g/mol. The molecule has 0 atom stereocenters. The number of aromatic nitrogens is 3. The number of nitrogens with zero attached hydrogens (tertiary/aromatic N) is 4. The SMILES string of the molecule is Cc1cc(Nc2ccc(S(=O)(=O)c3ccccc3)c(NCCCN3CCN(C)CC3)n2)n[nH]1. The lowest BCUT2D eigenvalue weighted by atomic mass is 10.3. The summed E-state index contributed by atoms with van der Waals surface area (Å²) >= 11 is 0. The highest BCUT2D eigenvalue weighted by Gasteiger charge is 2.23. The highest BCUT2D eigenvalue weighted by Crippen LogP contribution is 2.28. The molecule has 3 heterocycles. The summed E-state index contributed by atoms with van der Waals surface area (Å²) in [6.45, 7) is 7.78. The van der Waals surface area contributed by atoms with Crippen molar-refractivity contribution in [2.45, 2.75) is 23.1 Å². The fourth-order valence-electron chi connectivity index (χ4n) is 3.78. The zero-order valence-corrected chi connectivity index (χ0v) is 19.9. The van der Waals surface area contributed by atoms with E-state index in [0.717, 1.165) is 44.8 Å². The molecule has 3 aromatic rings. The van der Waals surface area contributed by atoms with Gasteiger partial charge in [-0.2, -0.15) is 5.10 Å². The number of sulfone groups is 1. The standard InChI is InChI=1S/C23H31N7O2S/c1-18-17-22(28-27-18)25-21-10-9-20(33(31,32)19-7-4-3-5-8-19)23(26-21)24-11-6-12-30-15-13-29(2)14-16-30/h3-5,7-10,17H,6,11-16H2,1-2H3,(H3,24,25,26,27,28). The van der Waals surface area contributed by atoms with Crippen molar-refractivity contribution in [2.24, 2.45) is 0 Å². The largest absolute Gasteiger partial charge is 0.369 e. The predicted octanol–water partition coefficient (Wildman–Crippen LogP) is 2.74. The zero-order chi connectivity index (χ0) is 23.3. The smallest absolute Gasteiger partial charge is 0.210 e. The number of piperazine rings is 1. The van der Waals surface area contributed by atoms with Crippen LogP contribution in [0.1, 0.15) is 12.1 Å². The summed E-state index contributed by atoms with van der Waals surface area (Å²) in [6.07, 6.45) is 0.895. The molecule has 0 amide bonds. The fourth-order valence-corrected chi connectivity index (χ4v) is 5.17. The highest BCUT2D eigenvalue weighted by molar-refractivity contribution is 7.91. The normalized spacial score (nSPS) is 15.5. The lowest BCUT2D eigenvalue weighted by Gasteiger charge is -2.32. The van der Waals surface area contributed by atoms with Crippen LogP contribution in [-0.2, 0) is 9.84 Å². The first-order valence-corrected chi connectivity index (χ1v) is 12.6. The number of benzene rings is 1. The van der Waals surface area contributed by atoms with Crippen LogP contribution < -0.4 is 10.6 Å². The molecule has 33 heavy (non-hydrogen) atoms. The van der Waals surface area contributed by atoms with Gasteiger partial charge in [0.2, 0.25) is 9.84 Å². The van der Waals surface area contributed by atoms with Crippen molar-refractivity contribution < 1.29 is 8.42 Å². The summed E-state index contributed by atoms with van der Waals surface area (Å²) in [5.41, 5.74) is 0.919. The predicted molar refractivity (Wildman–Crippen MR) is 130 cm³/mol. The Labute approximate surface area is 195 Å². The molecule has 10 heteroatoms. The van der Waals surface area contributed by atoms with Crippen LogP contribution in [0.2, 0.25) is 0 Å². The van der Waals surface area contributed by atoms with Crippen LogP contribution in [-0.4, -0.2) is 79.7 Å². The summed E-state index contributed by atoms with van der Waals surface area (Å²) in [5.74, 6) is 1.49. The number of rotatable bonds is 9. The molecular weight excluding hydrogens is 438 g/mol. The monoisotopic (exact) mass is 469 g/mol. The van der Waals surface area contributed by atoms with Gasteiger partial charge < -0.3 is 20.4 Å². The molecular formula is C23H31N7O2S. The summed E-state index contributed by atoms with van der Waals surface area (Å²) in [7, 11) is -1.57. The minimum absolute atomic E-state index is 0.164. The maximum atomic E-state index is 13.3. The Hall–Kier alpha value is -2.95. The molecule has 0 saturated carbocycles. The van der Waals surface area contributed by atoms with Gasteiger partial charge in [-0.25, -0.2) is 13.4 Å². The molecule has 1 fully saturated rings. The van der Waals surface area contributed by atoms with Gasteiger partial charge in [-0.05, 0) is 51.2 Å². The number of H-pyrrole nitrogens is 1. The Morgan fingerprint density at radius 3 is 2.48 bits per heavy atom. The number of aromatic amines is 1. The number of anilines is 3. The molecule has 1 saturated heterocycles. The Bertz CT molecular complexity index is 1160. The van der Waals surface area contributed by atoms with Gasteiger partial charge in [0.1, 0.15) is 16.5 Å². The number of hydrogen-bond donors (Lipinski definition) is 3. The van der Waals surface area contributed by atoms with Crippen molar-refractivity contribution >= 4 is 27.3 Å². The van der Waals surface area contributed by atoms with E-state index in [0.29, 0.717) is 24.0 Å². The van der Waals surface area contributed by atoms with Crippen molar-refractivity contribution in [3.63, 3.8) is 0 Å². The van der Waals surface area contributed by atoms with E-state index in [1.807, 2.05) is 13.0 Å². The number of pyridine rings is 1. The van der Waals surface area contributed by atoms with Gasteiger partial charge in [0, 0.05) is 44.5 Å². The van der Waals surface area contributed by atoms with Crippen LogP contribution in [0.4, 0.5) is 17.5 Å². The van der Waals surface area contributed by atoms with Crippen LogP contribution in [0.15, 0.2) is 58.3 Å². The maximum absolute atomic E-state index is 13.3. The summed E-state index contributed by atoms with van der Waals surface area (Å²) < 4.78 is 26.6. The van der Waals surface area contributed by atoms with Crippen LogP contribution in [0.3, 0.4) is 0 Å². The summed E-state index contributed by atoms with van der Waals surface area (Å²) in [5, 5.41) is 13.4. The molecule has 4 rings (SSSR count). The topological polar surface area (TPSA) is 106 Å². The van der Waals surface area contributed by atoms with Gasteiger partial charge in [0.15, 0.2) is 5.82 Å². The third-order valence-electron chi connectivity index (χ3n) is 5.70. The molecule has 1 aromatic carbocycles.